The minimum absolute atomic E-state index is 0.299. The summed E-state index contributed by atoms with van der Waals surface area (Å²) in [5, 5.41) is 9.81. The van der Waals surface area contributed by atoms with Crippen molar-refractivity contribution < 1.29 is 9.84 Å². The van der Waals surface area contributed by atoms with Crippen LogP contribution in [-0.2, 0) is 0 Å². The first-order valence-electron chi connectivity index (χ1n) is 7.14. The Kier molecular flexibility index (Phi) is 3.84. The third-order valence-corrected chi connectivity index (χ3v) is 3.83. The van der Waals surface area contributed by atoms with Gasteiger partial charge in [0.2, 0.25) is 0 Å². The second-order valence-corrected chi connectivity index (χ2v) is 5.17. The van der Waals surface area contributed by atoms with Crippen molar-refractivity contribution in [2.24, 2.45) is 0 Å². The monoisotopic (exact) mass is 289 g/mol. The maximum atomic E-state index is 9.81. The number of ether oxygens (including phenoxy) is 1. The molecule has 3 rings (SSSR count). The van der Waals surface area contributed by atoms with Gasteiger partial charge in [0.1, 0.15) is 11.5 Å². The molecule has 22 heavy (non-hydrogen) atoms. The fourth-order valence-electron chi connectivity index (χ4n) is 2.48. The molecule has 2 heteroatoms. The van der Waals surface area contributed by atoms with E-state index >= 15 is 0 Å². The minimum atomic E-state index is 0.299. The first-order valence-corrected chi connectivity index (χ1v) is 7.14. The zero-order valence-corrected chi connectivity index (χ0v) is 12.6. The van der Waals surface area contributed by atoms with Gasteiger partial charge in [0.25, 0.3) is 0 Å². The molecule has 0 aliphatic rings. The third-order valence-electron chi connectivity index (χ3n) is 3.83. The van der Waals surface area contributed by atoms with E-state index in [1.54, 1.807) is 19.2 Å². The molecular formula is C20H17O2. The molecule has 0 unspecified atom stereocenters. The Morgan fingerprint density at radius 1 is 0.818 bits per heavy atom. The fraction of sp³-hybridized carbons (Fsp3) is 0.100. The van der Waals surface area contributed by atoms with Gasteiger partial charge in [-0.15, -0.1) is 0 Å². The average molecular weight is 289 g/mol. The molecular weight excluding hydrogens is 272 g/mol. The fourth-order valence-corrected chi connectivity index (χ4v) is 2.48. The van der Waals surface area contributed by atoms with E-state index in [1.807, 2.05) is 31.2 Å². The van der Waals surface area contributed by atoms with Gasteiger partial charge < -0.3 is 9.84 Å². The van der Waals surface area contributed by atoms with Gasteiger partial charge in [-0.2, -0.15) is 0 Å². The highest BCUT2D eigenvalue weighted by atomic mass is 16.5. The lowest BCUT2D eigenvalue weighted by Gasteiger charge is -2.09. The summed E-state index contributed by atoms with van der Waals surface area (Å²) in [6.45, 7) is 1.90. The SMILES string of the molecule is COc1ccc(-c2ccc(-c3[c]ccc(O)c3C)cc2)cc1. The average Bonchev–Trinajstić information content (AvgIpc) is 2.58. The summed E-state index contributed by atoms with van der Waals surface area (Å²) in [6.07, 6.45) is 0. The Morgan fingerprint density at radius 3 is 1.95 bits per heavy atom. The summed E-state index contributed by atoms with van der Waals surface area (Å²) >= 11 is 0. The summed E-state index contributed by atoms with van der Waals surface area (Å²) in [7, 11) is 1.66. The summed E-state index contributed by atoms with van der Waals surface area (Å²) in [5.74, 6) is 1.15. The number of phenolic OH excluding ortho intramolecular Hbond substituents is 1. The van der Waals surface area contributed by atoms with Gasteiger partial charge in [-0.1, -0.05) is 42.5 Å². The second-order valence-electron chi connectivity index (χ2n) is 5.17. The molecule has 0 saturated heterocycles. The summed E-state index contributed by atoms with van der Waals surface area (Å²) in [5.41, 5.74) is 5.11. The van der Waals surface area contributed by atoms with Crippen LogP contribution in [0.2, 0.25) is 0 Å². The van der Waals surface area contributed by atoms with Crippen molar-refractivity contribution in [1.29, 1.82) is 0 Å². The van der Waals surface area contributed by atoms with Crippen molar-refractivity contribution in [2.45, 2.75) is 6.92 Å². The first kappa shape index (κ1) is 14.2. The van der Waals surface area contributed by atoms with Crippen molar-refractivity contribution in [2.75, 3.05) is 7.11 Å². The van der Waals surface area contributed by atoms with Crippen LogP contribution >= 0.6 is 0 Å². The molecule has 0 atom stereocenters. The number of methoxy groups -OCH3 is 1. The van der Waals surface area contributed by atoms with Crippen LogP contribution < -0.4 is 4.74 Å². The van der Waals surface area contributed by atoms with Crippen LogP contribution in [0.15, 0.2) is 60.7 Å². The summed E-state index contributed by atoms with van der Waals surface area (Å²) in [4.78, 5) is 0. The number of phenols is 1. The van der Waals surface area contributed by atoms with E-state index in [0.29, 0.717) is 5.75 Å². The maximum absolute atomic E-state index is 9.81. The van der Waals surface area contributed by atoms with Crippen LogP contribution in [0, 0.1) is 13.0 Å². The number of hydrogen-bond acceptors (Lipinski definition) is 2. The predicted octanol–water partition coefficient (Wildman–Crippen LogP) is 4.84. The molecule has 1 radical (unpaired) electrons. The molecule has 0 aliphatic carbocycles. The van der Waals surface area contributed by atoms with Gasteiger partial charge in [0.05, 0.1) is 7.11 Å². The largest absolute Gasteiger partial charge is 0.508 e. The molecule has 0 saturated carbocycles. The summed E-state index contributed by atoms with van der Waals surface area (Å²) in [6, 6.07) is 22.8. The number of benzene rings is 3. The zero-order valence-electron chi connectivity index (χ0n) is 12.6. The Balaban J connectivity index is 1.93. The van der Waals surface area contributed by atoms with Gasteiger partial charge in [-0.3, -0.25) is 0 Å². The van der Waals surface area contributed by atoms with Crippen LogP contribution in [0.5, 0.6) is 11.5 Å². The number of aromatic hydroxyl groups is 1. The van der Waals surface area contributed by atoms with Gasteiger partial charge in [-0.25, -0.2) is 0 Å². The van der Waals surface area contributed by atoms with Crippen molar-refractivity contribution in [3.63, 3.8) is 0 Å². The van der Waals surface area contributed by atoms with Crippen LogP contribution in [0.1, 0.15) is 5.56 Å². The molecule has 3 aromatic rings. The van der Waals surface area contributed by atoms with E-state index < -0.39 is 0 Å². The molecule has 2 nitrogen and oxygen atoms in total. The molecule has 0 spiro atoms. The molecule has 1 N–H and O–H groups in total. The molecule has 0 aromatic heterocycles. The van der Waals surface area contributed by atoms with E-state index in [-0.39, 0.29) is 0 Å². The van der Waals surface area contributed by atoms with E-state index in [1.165, 1.54) is 0 Å². The summed E-state index contributed by atoms with van der Waals surface area (Å²) < 4.78 is 5.18. The van der Waals surface area contributed by atoms with Crippen LogP contribution in [0.25, 0.3) is 22.3 Å². The lowest BCUT2D eigenvalue weighted by atomic mass is 9.97. The normalized spacial score (nSPS) is 10.5. The molecule has 109 valence electrons. The van der Waals surface area contributed by atoms with E-state index in [4.69, 9.17) is 4.74 Å². The predicted molar refractivity (Wildman–Crippen MR) is 89.1 cm³/mol. The maximum Gasteiger partial charge on any atom is 0.119 e. The Morgan fingerprint density at radius 2 is 1.36 bits per heavy atom. The number of rotatable bonds is 3. The smallest absolute Gasteiger partial charge is 0.119 e. The molecule has 0 heterocycles. The van der Waals surface area contributed by atoms with Gasteiger partial charge >= 0.3 is 0 Å². The highest BCUT2D eigenvalue weighted by Crippen LogP contribution is 2.30. The Labute approximate surface area is 130 Å². The highest BCUT2D eigenvalue weighted by Gasteiger charge is 2.06. The highest BCUT2D eigenvalue weighted by molar-refractivity contribution is 5.73. The Bertz CT molecular complexity index is 772. The standard InChI is InChI=1S/C20H17O2/c1-14-19(4-3-5-20(14)21)17-8-6-15(7-9-17)16-10-12-18(22-2)13-11-16/h3,5-13,21H,1-2H3. The van der Waals surface area contributed by atoms with E-state index in [0.717, 1.165) is 33.6 Å². The molecule has 0 aliphatic heterocycles. The van der Waals surface area contributed by atoms with Crippen LogP contribution in [0.3, 0.4) is 0 Å². The van der Waals surface area contributed by atoms with Crippen LogP contribution in [-0.4, -0.2) is 12.2 Å². The van der Waals surface area contributed by atoms with Crippen molar-refractivity contribution >= 4 is 0 Å². The second kappa shape index (κ2) is 5.94. The molecule has 3 aromatic carbocycles. The zero-order chi connectivity index (χ0) is 15.5. The van der Waals surface area contributed by atoms with Crippen molar-refractivity contribution in [3.05, 3.63) is 72.3 Å². The van der Waals surface area contributed by atoms with Gasteiger partial charge in [-0.05, 0) is 59.0 Å². The molecule has 0 fully saturated rings. The lowest BCUT2D eigenvalue weighted by Crippen LogP contribution is -1.85. The van der Waals surface area contributed by atoms with E-state index in [2.05, 4.69) is 30.3 Å². The third kappa shape index (κ3) is 2.68. The first-order chi connectivity index (χ1) is 10.7. The van der Waals surface area contributed by atoms with Gasteiger partial charge in [0, 0.05) is 0 Å². The minimum Gasteiger partial charge on any atom is -0.508 e. The van der Waals surface area contributed by atoms with Crippen molar-refractivity contribution in [3.8, 4) is 33.8 Å². The van der Waals surface area contributed by atoms with Crippen LogP contribution in [0.4, 0.5) is 0 Å². The van der Waals surface area contributed by atoms with E-state index in [9.17, 15) is 5.11 Å². The quantitative estimate of drug-likeness (QED) is 0.747. The Hall–Kier alpha value is -2.74. The van der Waals surface area contributed by atoms with Gasteiger partial charge in [0.15, 0.2) is 0 Å². The molecule has 0 bridgehead atoms. The topological polar surface area (TPSA) is 29.5 Å². The molecule has 0 amide bonds. The lowest BCUT2D eigenvalue weighted by molar-refractivity contribution is 0.415. The number of hydrogen-bond donors (Lipinski definition) is 1. The van der Waals surface area contributed by atoms with Crippen molar-refractivity contribution in [1.82, 2.24) is 0 Å².